The zero-order chi connectivity index (χ0) is 20.7. The number of pyridine rings is 1. The molecule has 0 saturated carbocycles. The fraction of sp³-hybridized carbons (Fsp3) is 0.350. The summed E-state index contributed by atoms with van der Waals surface area (Å²) in [5, 5.41) is 12.9. The molecular formula is C20H20FN3O5. The van der Waals surface area contributed by atoms with Gasteiger partial charge in [0.1, 0.15) is 11.4 Å². The highest BCUT2D eigenvalue weighted by Crippen LogP contribution is 2.27. The number of fused-ring (bicyclic) bond motifs is 2. The molecule has 1 fully saturated rings. The largest absolute Gasteiger partial charge is 0.503 e. The second kappa shape index (κ2) is 7.32. The van der Waals surface area contributed by atoms with Gasteiger partial charge >= 0.3 is 0 Å². The number of hydrogen-bond donors (Lipinski definition) is 2. The Balaban J connectivity index is 1.61. The fourth-order valence-corrected chi connectivity index (χ4v) is 3.60. The molecule has 2 aliphatic heterocycles. The van der Waals surface area contributed by atoms with E-state index >= 15 is 0 Å². The summed E-state index contributed by atoms with van der Waals surface area (Å²) in [6, 6.07) is 5.57. The van der Waals surface area contributed by atoms with Crippen LogP contribution in [0.1, 0.15) is 33.3 Å². The second-order valence-corrected chi connectivity index (χ2v) is 7.38. The lowest BCUT2D eigenvalue weighted by Gasteiger charge is -2.42. The number of benzene rings is 1. The summed E-state index contributed by atoms with van der Waals surface area (Å²) in [4.78, 5) is 39.3. The van der Waals surface area contributed by atoms with Gasteiger partial charge in [-0.3, -0.25) is 14.4 Å². The van der Waals surface area contributed by atoms with Gasteiger partial charge in [-0.05, 0) is 23.6 Å². The molecule has 152 valence electrons. The van der Waals surface area contributed by atoms with E-state index in [1.165, 1.54) is 39.9 Å². The van der Waals surface area contributed by atoms with Crippen molar-refractivity contribution < 1.29 is 23.8 Å². The smallest absolute Gasteiger partial charge is 0.276 e. The predicted molar refractivity (Wildman–Crippen MR) is 99.9 cm³/mol. The normalized spacial score (nSPS) is 20.8. The minimum Gasteiger partial charge on any atom is -0.503 e. The first-order valence-corrected chi connectivity index (χ1v) is 9.26. The van der Waals surface area contributed by atoms with E-state index in [1.54, 1.807) is 0 Å². The molecule has 1 aromatic carbocycles. The van der Waals surface area contributed by atoms with Crippen LogP contribution in [-0.2, 0) is 17.8 Å². The van der Waals surface area contributed by atoms with Crippen molar-refractivity contribution in [3.63, 3.8) is 0 Å². The highest BCUT2D eigenvalue weighted by molar-refractivity contribution is 5.99. The standard InChI is InChI=1S/C20H20FN3O5/c1-11-7-24-15(29-10-11)9-23-8-14(17(25)18(26)16(23)20(24)28)19(27)22-6-12-2-4-13(21)5-3-12/h2-5,8,11,15,26H,6-7,9-10H2,1H3,(H,22,27)/t11-,15-/m1/s1. The molecule has 1 saturated heterocycles. The predicted octanol–water partition coefficient (Wildman–Crippen LogP) is 1.07. The van der Waals surface area contributed by atoms with E-state index in [2.05, 4.69) is 5.32 Å². The van der Waals surface area contributed by atoms with Crippen LogP contribution in [0.3, 0.4) is 0 Å². The molecular weight excluding hydrogens is 381 g/mol. The number of amides is 2. The van der Waals surface area contributed by atoms with Crippen LogP contribution >= 0.6 is 0 Å². The van der Waals surface area contributed by atoms with Crippen molar-refractivity contribution in [1.29, 1.82) is 0 Å². The number of hydrogen-bond acceptors (Lipinski definition) is 5. The van der Waals surface area contributed by atoms with Crippen LogP contribution in [0.15, 0.2) is 35.3 Å². The van der Waals surface area contributed by atoms with Gasteiger partial charge in [0.2, 0.25) is 5.43 Å². The number of nitrogens with one attached hydrogen (secondary N) is 1. The Morgan fingerprint density at radius 3 is 2.72 bits per heavy atom. The van der Waals surface area contributed by atoms with Gasteiger partial charge in [0.05, 0.1) is 13.2 Å². The summed E-state index contributed by atoms with van der Waals surface area (Å²) in [5.74, 6) is -2.19. The van der Waals surface area contributed by atoms with E-state index < -0.39 is 35.0 Å². The van der Waals surface area contributed by atoms with E-state index in [4.69, 9.17) is 4.74 Å². The SMILES string of the molecule is C[C@H]1CO[C@@H]2Cn3cc(C(=O)NCc4ccc(F)cc4)c(=O)c(O)c3C(=O)N2C1. The van der Waals surface area contributed by atoms with E-state index in [0.29, 0.717) is 18.7 Å². The van der Waals surface area contributed by atoms with Crippen molar-refractivity contribution in [3.8, 4) is 5.75 Å². The Bertz CT molecular complexity index is 1030. The van der Waals surface area contributed by atoms with E-state index in [1.807, 2.05) is 6.92 Å². The highest BCUT2D eigenvalue weighted by atomic mass is 19.1. The van der Waals surface area contributed by atoms with Gasteiger partial charge in [0, 0.05) is 19.3 Å². The molecule has 0 bridgehead atoms. The maximum Gasteiger partial charge on any atom is 0.276 e. The number of halogens is 1. The average Bonchev–Trinajstić information content (AvgIpc) is 2.70. The number of rotatable bonds is 3. The molecule has 1 aromatic heterocycles. The maximum atomic E-state index is 13.0. The molecule has 29 heavy (non-hydrogen) atoms. The summed E-state index contributed by atoms with van der Waals surface area (Å²) >= 11 is 0. The number of carbonyl (C=O) groups is 2. The third-order valence-electron chi connectivity index (χ3n) is 5.11. The van der Waals surface area contributed by atoms with Gasteiger partial charge < -0.3 is 24.6 Å². The molecule has 3 heterocycles. The van der Waals surface area contributed by atoms with E-state index in [-0.39, 0.29) is 30.3 Å². The van der Waals surface area contributed by atoms with Crippen molar-refractivity contribution in [1.82, 2.24) is 14.8 Å². The lowest BCUT2D eigenvalue weighted by molar-refractivity contribution is -0.111. The summed E-state index contributed by atoms with van der Waals surface area (Å²) in [6.07, 6.45) is 0.761. The lowest BCUT2D eigenvalue weighted by atomic mass is 10.1. The third-order valence-corrected chi connectivity index (χ3v) is 5.11. The summed E-state index contributed by atoms with van der Waals surface area (Å²) < 4.78 is 20.1. The molecule has 2 aromatic rings. The van der Waals surface area contributed by atoms with Gasteiger partial charge in [0.25, 0.3) is 11.8 Å². The number of aromatic hydroxyl groups is 1. The van der Waals surface area contributed by atoms with E-state index in [0.717, 1.165) is 0 Å². The number of aromatic nitrogens is 1. The molecule has 2 amide bonds. The topological polar surface area (TPSA) is 101 Å². The van der Waals surface area contributed by atoms with Crippen LogP contribution in [0, 0.1) is 11.7 Å². The lowest BCUT2D eigenvalue weighted by Crippen LogP contribution is -2.55. The zero-order valence-electron chi connectivity index (χ0n) is 15.7. The summed E-state index contributed by atoms with van der Waals surface area (Å²) in [5.41, 5.74) is -0.680. The van der Waals surface area contributed by atoms with Crippen LogP contribution in [0.5, 0.6) is 5.75 Å². The molecule has 0 spiro atoms. The van der Waals surface area contributed by atoms with Crippen LogP contribution in [0.25, 0.3) is 0 Å². The molecule has 0 aliphatic carbocycles. The number of carbonyl (C=O) groups excluding carboxylic acids is 2. The van der Waals surface area contributed by atoms with Gasteiger partial charge in [-0.15, -0.1) is 0 Å². The van der Waals surface area contributed by atoms with Crippen LogP contribution in [-0.4, -0.2) is 45.8 Å². The van der Waals surface area contributed by atoms with Gasteiger partial charge in [-0.2, -0.15) is 0 Å². The van der Waals surface area contributed by atoms with Crippen LogP contribution in [0.4, 0.5) is 4.39 Å². The van der Waals surface area contributed by atoms with Gasteiger partial charge in [-0.1, -0.05) is 19.1 Å². The Kier molecular flexibility index (Phi) is 4.83. The molecule has 2 atom stereocenters. The first-order chi connectivity index (χ1) is 13.8. The summed E-state index contributed by atoms with van der Waals surface area (Å²) in [7, 11) is 0. The van der Waals surface area contributed by atoms with Crippen LogP contribution in [0.2, 0.25) is 0 Å². The quantitative estimate of drug-likeness (QED) is 0.801. The van der Waals surface area contributed by atoms with Crippen molar-refractivity contribution in [3.05, 3.63) is 63.3 Å². The Labute approximate surface area is 165 Å². The Hall–Kier alpha value is -3.20. The molecule has 0 unspecified atom stereocenters. The first kappa shape index (κ1) is 19.1. The maximum absolute atomic E-state index is 13.0. The van der Waals surface area contributed by atoms with E-state index in [9.17, 15) is 23.9 Å². The molecule has 8 nitrogen and oxygen atoms in total. The van der Waals surface area contributed by atoms with Crippen molar-refractivity contribution in [2.24, 2.45) is 5.92 Å². The molecule has 4 rings (SSSR count). The Morgan fingerprint density at radius 2 is 2.00 bits per heavy atom. The fourth-order valence-electron chi connectivity index (χ4n) is 3.60. The third kappa shape index (κ3) is 3.49. The van der Waals surface area contributed by atoms with Gasteiger partial charge in [-0.25, -0.2) is 4.39 Å². The van der Waals surface area contributed by atoms with Crippen molar-refractivity contribution in [2.45, 2.75) is 26.2 Å². The summed E-state index contributed by atoms with van der Waals surface area (Å²) in [6.45, 7) is 3.20. The first-order valence-electron chi connectivity index (χ1n) is 9.26. The average molecular weight is 401 g/mol. The van der Waals surface area contributed by atoms with Crippen molar-refractivity contribution >= 4 is 11.8 Å². The monoisotopic (exact) mass is 401 g/mol. The number of nitrogens with zero attached hydrogens (tertiary/aromatic N) is 2. The molecule has 2 N–H and O–H groups in total. The molecule has 2 aliphatic rings. The highest BCUT2D eigenvalue weighted by Gasteiger charge is 2.39. The minimum absolute atomic E-state index is 0.0808. The zero-order valence-corrected chi connectivity index (χ0v) is 15.7. The van der Waals surface area contributed by atoms with Crippen molar-refractivity contribution in [2.75, 3.05) is 13.2 Å². The van der Waals surface area contributed by atoms with Gasteiger partial charge in [0.15, 0.2) is 17.7 Å². The second-order valence-electron chi connectivity index (χ2n) is 7.38. The molecule has 0 radical (unpaired) electrons. The minimum atomic E-state index is -0.911. The molecule has 9 heteroatoms. The number of ether oxygens (including phenoxy) is 1. The Morgan fingerprint density at radius 1 is 1.28 bits per heavy atom. The van der Waals surface area contributed by atoms with Crippen LogP contribution < -0.4 is 10.7 Å².